The Kier molecular flexibility index (Phi) is 2.05. The predicted molar refractivity (Wildman–Crippen MR) is 41.8 cm³/mol. The van der Waals surface area contributed by atoms with Gasteiger partial charge in [0.25, 0.3) is 0 Å². The van der Waals surface area contributed by atoms with Gasteiger partial charge in [-0.25, -0.2) is 0 Å². The molecule has 0 N–H and O–H groups in total. The first-order valence-corrected chi connectivity index (χ1v) is 4.32. The Morgan fingerprint density at radius 1 is 1.56 bits per heavy atom. The summed E-state index contributed by atoms with van der Waals surface area (Å²) in [7, 11) is 0. The van der Waals surface area contributed by atoms with Gasteiger partial charge in [0.1, 0.15) is 0 Å². The van der Waals surface area contributed by atoms with Crippen molar-refractivity contribution in [1.29, 1.82) is 0 Å². The van der Waals surface area contributed by atoms with Crippen molar-refractivity contribution in [3.8, 4) is 0 Å². The highest BCUT2D eigenvalue weighted by Crippen LogP contribution is 2.48. The highest BCUT2D eigenvalue weighted by atomic mass is 35.5. The number of hydrogen-bond donors (Lipinski definition) is 0. The van der Waals surface area contributed by atoms with Gasteiger partial charge >= 0.3 is 0 Å². The summed E-state index contributed by atoms with van der Waals surface area (Å²) in [6, 6.07) is 0. The molecule has 0 spiro atoms. The van der Waals surface area contributed by atoms with Crippen molar-refractivity contribution in [2.24, 2.45) is 11.3 Å². The molecular formula is C8H15Cl. The smallest absolute Gasteiger partial charge is 0.0280 e. The van der Waals surface area contributed by atoms with E-state index in [1.807, 2.05) is 0 Å². The van der Waals surface area contributed by atoms with Gasteiger partial charge in [0.2, 0.25) is 0 Å². The van der Waals surface area contributed by atoms with Crippen LogP contribution in [0.15, 0.2) is 0 Å². The molecule has 0 aromatic heterocycles. The minimum atomic E-state index is 0.543. The van der Waals surface area contributed by atoms with Crippen molar-refractivity contribution < 1.29 is 0 Å². The second-order valence-electron chi connectivity index (χ2n) is 3.50. The Bertz CT molecular complexity index is 86.7. The standard InChI is InChI=1S/C8H15Cl/c1-3-8(6-9)4-7(2)5-8/h7H,3-6H2,1-2H3. The molecular weight excluding hydrogens is 132 g/mol. The van der Waals surface area contributed by atoms with Crippen LogP contribution >= 0.6 is 11.6 Å². The van der Waals surface area contributed by atoms with Crippen molar-refractivity contribution in [1.82, 2.24) is 0 Å². The zero-order valence-electron chi connectivity index (χ0n) is 6.28. The number of hydrogen-bond acceptors (Lipinski definition) is 0. The monoisotopic (exact) mass is 146 g/mol. The molecule has 1 saturated carbocycles. The van der Waals surface area contributed by atoms with Gasteiger partial charge in [-0.15, -0.1) is 11.6 Å². The number of rotatable bonds is 2. The van der Waals surface area contributed by atoms with E-state index in [9.17, 15) is 0 Å². The SMILES string of the molecule is CCC1(CCl)CC(C)C1. The van der Waals surface area contributed by atoms with Crippen LogP contribution in [0.25, 0.3) is 0 Å². The molecule has 1 rings (SSSR count). The van der Waals surface area contributed by atoms with E-state index in [1.54, 1.807) is 0 Å². The maximum atomic E-state index is 5.83. The molecule has 1 aliphatic rings. The summed E-state index contributed by atoms with van der Waals surface area (Å²) in [4.78, 5) is 0. The second-order valence-corrected chi connectivity index (χ2v) is 3.77. The van der Waals surface area contributed by atoms with Gasteiger partial charge in [-0.1, -0.05) is 13.8 Å². The molecule has 1 fully saturated rings. The third kappa shape index (κ3) is 1.24. The first kappa shape index (κ1) is 7.40. The summed E-state index contributed by atoms with van der Waals surface area (Å²) in [6.45, 7) is 4.55. The van der Waals surface area contributed by atoms with Gasteiger partial charge in [-0.3, -0.25) is 0 Å². The normalized spacial score (nSPS) is 42.3. The summed E-state index contributed by atoms with van der Waals surface area (Å²) in [6.07, 6.45) is 3.97. The maximum absolute atomic E-state index is 5.83. The Morgan fingerprint density at radius 3 is 2.22 bits per heavy atom. The molecule has 1 heteroatoms. The van der Waals surface area contributed by atoms with Crippen LogP contribution in [0.3, 0.4) is 0 Å². The minimum absolute atomic E-state index is 0.543. The Balaban J connectivity index is 2.36. The zero-order chi connectivity index (χ0) is 6.91. The Hall–Kier alpha value is 0.290. The lowest BCUT2D eigenvalue weighted by atomic mass is 9.62. The van der Waals surface area contributed by atoms with Crippen LogP contribution in [0.1, 0.15) is 33.1 Å². The van der Waals surface area contributed by atoms with Crippen LogP contribution in [0, 0.1) is 11.3 Å². The minimum Gasteiger partial charge on any atom is -0.126 e. The molecule has 54 valence electrons. The van der Waals surface area contributed by atoms with Gasteiger partial charge in [-0.2, -0.15) is 0 Å². The molecule has 0 amide bonds. The highest BCUT2D eigenvalue weighted by molar-refractivity contribution is 6.18. The van der Waals surface area contributed by atoms with Crippen LogP contribution in [0.4, 0.5) is 0 Å². The van der Waals surface area contributed by atoms with Gasteiger partial charge in [0.15, 0.2) is 0 Å². The zero-order valence-corrected chi connectivity index (χ0v) is 7.04. The fourth-order valence-electron chi connectivity index (χ4n) is 1.91. The molecule has 0 atom stereocenters. The first-order valence-electron chi connectivity index (χ1n) is 3.78. The molecule has 9 heavy (non-hydrogen) atoms. The number of halogens is 1. The molecule has 0 nitrogen and oxygen atoms in total. The summed E-state index contributed by atoms with van der Waals surface area (Å²) in [5, 5.41) is 0. The lowest BCUT2D eigenvalue weighted by Gasteiger charge is -2.44. The van der Waals surface area contributed by atoms with E-state index in [2.05, 4.69) is 13.8 Å². The Morgan fingerprint density at radius 2 is 2.11 bits per heavy atom. The average molecular weight is 147 g/mol. The summed E-state index contributed by atoms with van der Waals surface area (Å²) in [5.41, 5.74) is 0.543. The predicted octanol–water partition coefficient (Wildman–Crippen LogP) is 3.05. The second kappa shape index (κ2) is 2.49. The molecule has 0 aromatic carbocycles. The van der Waals surface area contributed by atoms with Crippen molar-refractivity contribution in [2.45, 2.75) is 33.1 Å². The first-order chi connectivity index (χ1) is 4.22. The molecule has 1 aliphatic carbocycles. The maximum Gasteiger partial charge on any atom is 0.0280 e. The lowest BCUT2D eigenvalue weighted by molar-refractivity contribution is 0.0876. The van der Waals surface area contributed by atoms with E-state index in [4.69, 9.17) is 11.6 Å². The quantitative estimate of drug-likeness (QED) is 0.526. The summed E-state index contributed by atoms with van der Waals surface area (Å²) in [5.74, 6) is 1.80. The van der Waals surface area contributed by atoms with E-state index in [1.165, 1.54) is 19.3 Å². The van der Waals surface area contributed by atoms with Crippen molar-refractivity contribution in [3.05, 3.63) is 0 Å². The number of alkyl halides is 1. The molecule has 0 saturated heterocycles. The van der Waals surface area contributed by atoms with Gasteiger partial charge in [0.05, 0.1) is 0 Å². The van der Waals surface area contributed by atoms with Crippen LogP contribution in [-0.4, -0.2) is 5.88 Å². The third-order valence-corrected chi connectivity index (χ3v) is 3.16. The lowest BCUT2D eigenvalue weighted by Crippen LogP contribution is -2.36. The van der Waals surface area contributed by atoms with Crippen molar-refractivity contribution in [2.75, 3.05) is 5.88 Å². The van der Waals surface area contributed by atoms with Crippen LogP contribution in [0.5, 0.6) is 0 Å². The molecule has 0 heterocycles. The van der Waals surface area contributed by atoms with Crippen LogP contribution in [-0.2, 0) is 0 Å². The third-order valence-electron chi connectivity index (χ3n) is 2.60. The van der Waals surface area contributed by atoms with E-state index in [0.717, 1.165) is 11.8 Å². The van der Waals surface area contributed by atoms with E-state index in [0.29, 0.717) is 5.41 Å². The van der Waals surface area contributed by atoms with Crippen LogP contribution < -0.4 is 0 Å². The molecule has 0 aromatic rings. The molecule has 0 radical (unpaired) electrons. The largest absolute Gasteiger partial charge is 0.126 e. The van der Waals surface area contributed by atoms with E-state index in [-0.39, 0.29) is 0 Å². The van der Waals surface area contributed by atoms with Gasteiger partial charge in [-0.05, 0) is 30.6 Å². The average Bonchev–Trinajstić information content (AvgIpc) is 1.81. The molecule has 0 aliphatic heterocycles. The fraction of sp³-hybridized carbons (Fsp3) is 1.00. The topological polar surface area (TPSA) is 0 Å². The van der Waals surface area contributed by atoms with Crippen molar-refractivity contribution in [3.63, 3.8) is 0 Å². The molecule has 0 bridgehead atoms. The fourth-order valence-corrected chi connectivity index (χ4v) is 2.32. The highest BCUT2D eigenvalue weighted by Gasteiger charge is 2.39. The van der Waals surface area contributed by atoms with E-state index >= 15 is 0 Å². The van der Waals surface area contributed by atoms with E-state index < -0.39 is 0 Å². The van der Waals surface area contributed by atoms with Gasteiger partial charge < -0.3 is 0 Å². The van der Waals surface area contributed by atoms with Gasteiger partial charge in [0, 0.05) is 5.88 Å². The Labute approximate surface area is 62.6 Å². The van der Waals surface area contributed by atoms with Crippen LogP contribution in [0.2, 0.25) is 0 Å². The van der Waals surface area contributed by atoms with Crippen molar-refractivity contribution >= 4 is 11.6 Å². The molecule has 0 unspecified atom stereocenters. The summed E-state index contributed by atoms with van der Waals surface area (Å²) >= 11 is 5.83. The summed E-state index contributed by atoms with van der Waals surface area (Å²) < 4.78 is 0.